The second-order valence-electron chi connectivity index (χ2n) is 5.74. The third-order valence-corrected chi connectivity index (χ3v) is 5.09. The zero-order valence-electron chi connectivity index (χ0n) is 13.6. The minimum Gasteiger partial charge on any atom is -0.282 e. The van der Waals surface area contributed by atoms with Crippen molar-refractivity contribution in [2.45, 2.75) is 17.9 Å². The van der Waals surface area contributed by atoms with Gasteiger partial charge in [0.25, 0.3) is 0 Å². The fraction of sp³-hybridized carbons (Fsp3) is 0.235. The number of hydrogen-bond donors (Lipinski definition) is 0. The molecule has 0 aliphatic carbocycles. The number of halogens is 1. The number of carbonyl (C=O) groups is 2. The van der Waals surface area contributed by atoms with Gasteiger partial charge < -0.3 is 0 Å². The number of likely N-dealkylation sites (tertiary alicyclic amines) is 1. The van der Waals surface area contributed by atoms with Crippen molar-refractivity contribution in [2.24, 2.45) is 0 Å². The summed E-state index contributed by atoms with van der Waals surface area (Å²) in [6.07, 6.45) is 3.70. The highest BCUT2D eigenvalue weighted by Gasteiger charge is 2.28. The quantitative estimate of drug-likeness (QED) is 0.389. The molecular formula is C17H14FN5O2S. The lowest BCUT2D eigenvalue weighted by molar-refractivity contribution is -0.137. The second kappa shape index (κ2) is 6.83. The van der Waals surface area contributed by atoms with Crippen LogP contribution in [0.15, 0.2) is 41.8 Å². The third-order valence-electron chi connectivity index (χ3n) is 4.11. The van der Waals surface area contributed by atoms with Crippen molar-refractivity contribution in [1.82, 2.24) is 24.6 Å². The average Bonchev–Trinajstić information content (AvgIpc) is 3.21. The van der Waals surface area contributed by atoms with E-state index in [0.717, 1.165) is 10.4 Å². The van der Waals surface area contributed by atoms with Gasteiger partial charge in [0.05, 0.1) is 17.3 Å². The molecule has 3 heterocycles. The highest BCUT2D eigenvalue weighted by molar-refractivity contribution is 7.99. The lowest BCUT2D eigenvalue weighted by atomic mass is 10.3. The summed E-state index contributed by atoms with van der Waals surface area (Å²) in [4.78, 5) is 33.2. The Morgan fingerprint density at radius 2 is 1.81 bits per heavy atom. The van der Waals surface area contributed by atoms with Crippen LogP contribution in [0.3, 0.4) is 0 Å². The topological polar surface area (TPSA) is 81.0 Å². The number of amides is 2. The largest absolute Gasteiger partial charge is 0.282 e. The highest BCUT2D eigenvalue weighted by Crippen LogP contribution is 2.26. The van der Waals surface area contributed by atoms with Gasteiger partial charge in [-0.1, -0.05) is 0 Å². The lowest BCUT2D eigenvalue weighted by Gasteiger charge is -2.12. The van der Waals surface area contributed by atoms with Gasteiger partial charge in [-0.15, -0.1) is 11.8 Å². The molecule has 3 aromatic rings. The first-order chi connectivity index (χ1) is 12.6. The van der Waals surface area contributed by atoms with Crippen LogP contribution in [-0.2, 0) is 9.59 Å². The van der Waals surface area contributed by atoms with Crippen molar-refractivity contribution in [2.75, 3.05) is 12.3 Å². The highest BCUT2D eigenvalue weighted by atomic mass is 32.2. The van der Waals surface area contributed by atoms with E-state index in [9.17, 15) is 14.0 Å². The summed E-state index contributed by atoms with van der Waals surface area (Å²) in [6, 6.07) is 5.98. The molecule has 1 fully saturated rings. The maximum atomic E-state index is 13.1. The SMILES string of the molecule is O=C1CCC(=O)N1CCSc1ncnc2c1cnn2-c1ccc(F)cc1. The number of carbonyl (C=O) groups excluding carboxylic acids is 2. The molecule has 0 bridgehead atoms. The second-order valence-corrected chi connectivity index (χ2v) is 6.82. The van der Waals surface area contributed by atoms with Gasteiger partial charge in [-0.2, -0.15) is 5.10 Å². The van der Waals surface area contributed by atoms with E-state index in [0.29, 0.717) is 36.5 Å². The van der Waals surface area contributed by atoms with E-state index in [1.807, 2.05) is 0 Å². The van der Waals surface area contributed by atoms with Crippen LogP contribution in [0, 0.1) is 5.82 Å². The number of benzene rings is 1. The van der Waals surface area contributed by atoms with Crippen molar-refractivity contribution in [1.29, 1.82) is 0 Å². The van der Waals surface area contributed by atoms with Crippen molar-refractivity contribution in [3.63, 3.8) is 0 Å². The van der Waals surface area contributed by atoms with Crippen LogP contribution in [0.25, 0.3) is 16.7 Å². The number of thioether (sulfide) groups is 1. The summed E-state index contributed by atoms with van der Waals surface area (Å²) in [7, 11) is 0. The maximum absolute atomic E-state index is 13.1. The molecule has 7 nitrogen and oxygen atoms in total. The fourth-order valence-electron chi connectivity index (χ4n) is 2.81. The zero-order valence-corrected chi connectivity index (χ0v) is 14.4. The van der Waals surface area contributed by atoms with Crippen LogP contribution in [0.5, 0.6) is 0 Å². The Balaban J connectivity index is 1.54. The normalized spacial score (nSPS) is 14.6. The Hall–Kier alpha value is -2.81. The molecule has 0 unspecified atom stereocenters. The molecule has 0 atom stereocenters. The first kappa shape index (κ1) is 16.6. The Bertz CT molecular complexity index is 972. The molecule has 2 aromatic heterocycles. The molecule has 0 saturated carbocycles. The van der Waals surface area contributed by atoms with Crippen LogP contribution >= 0.6 is 11.8 Å². The van der Waals surface area contributed by atoms with Crippen molar-refractivity contribution < 1.29 is 14.0 Å². The Labute approximate surface area is 152 Å². The Kier molecular flexibility index (Phi) is 4.37. The van der Waals surface area contributed by atoms with Gasteiger partial charge in [-0.05, 0) is 24.3 Å². The van der Waals surface area contributed by atoms with Gasteiger partial charge in [-0.3, -0.25) is 14.5 Å². The number of rotatable bonds is 5. The maximum Gasteiger partial charge on any atom is 0.229 e. The average molecular weight is 371 g/mol. The molecule has 4 rings (SSSR count). The van der Waals surface area contributed by atoms with E-state index < -0.39 is 0 Å². The first-order valence-corrected chi connectivity index (χ1v) is 9.03. The molecule has 1 aromatic carbocycles. The minimum atomic E-state index is -0.318. The molecule has 2 amide bonds. The van der Waals surface area contributed by atoms with Crippen molar-refractivity contribution in [3.05, 3.63) is 42.6 Å². The number of nitrogens with zero attached hydrogens (tertiary/aromatic N) is 5. The predicted molar refractivity (Wildman–Crippen MR) is 93.3 cm³/mol. The van der Waals surface area contributed by atoms with Gasteiger partial charge in [0, 0.05) is 25.1 Å². The summed E-state index contributed by atoms with van der Waals surface area (Å²) in [5, 5.41) is 5.81. The summed E-state index contributed by atoms with van der Waals surface area (Å²) >= 11 is 1.44. The van der Waals surface area contributed by atoms with Gasteiger partial charge in [0.1, 0.15) is 17.2 Å². The predicted octanol–water partition coefficient (Wildman–Crippen LogP) is 2.20. The van der Waals surface area contributed by atoms with Gasteiger partial charge >= 0.3 is 0 Å². The summed E-state index contributed by atoms with van der Waals surface area (Å²) in [6.45, 7) is 0.361. The zero-order chi connectivity index (χ0) is 18.1. The smallest absolute Gasteiger partial charge is 0.229 e. The molecule has 0 radical (unpaired) electrons. The molecule has 26 heavy (non-hydrogen) atoms. The molecular weight excluding hydrogens is 357 g/mol. The van der Waals surface area contributed by atoms with E-state index in [1.54, 1.807) is 23.0 Å². The molecule has 132 valence electrons. The van der Waals surface area contributed by atoms with Gasteiger partial charge in [0.2, 0.25) is 11.8 Å². The molecule has 0 spiro atoms. The Morgan fingerprint density at radius 1 is 1.08 bits per heavy atom. The summed E-state index contributed by atoms with van der Waals surface area (Å²) in [5.74, 6) is -0.00656. The van der Waals surface area contributed by atoms with Crippen LogP contribution < -0.4 is 0 Å². The molecule has 1 saturated heterocycles. The summed E-state index contributed by atoms with van der Waals surface area (Å²) in [5.41, 5.74) is 1.31. The van der Waals surface area contributed by atoms with Gasteiger partial charge in [0.15, 0.2) is 5.65 Å². The third kappa shape index (κ3) is 3.05. The lowest BCUT2D eigenvalue weighted by Crippen LogP contribution is -2.31. The Morgan fingerprint density at radius 3 is 2.54 bits per heavy atom. The van der Waals surface area contributed by atoms with E-state index >= 15 is 0 Å². The monoisotopic (exact) mass is 371 g/mol. The van der Waals surface area contributed by atoms with Gasteiger partial charge in [-0.25, -0.2) is 19.0 Å². The van der Waals surface area contributed by atoms with Crippen molar-refractivity contribution >= 4 is 34.6 Å². The molecule has 0 N–H and O–H groups in total. The van der Waals surface area contributed by atoms with E-state index in [1.165, 1.54) is 35.1 Å². The number of aromatic nitrogens is 4. The van der Waals surface area contributed by atoms with Crippen molar-refractivity contribution in [3.8, 4) is 5.69 Å². The van der Waals surface area contributed by atoms with Crippen LogP contribution in [-0.4, -0.2) is 48.8 Å². The standard InChI is InChI=1S/C17H14FN5O2S/c18-11-1-3-12(4-2-11)23-16-13(9-21-23)17(20-10-19-16)26-8-7-22-14(24)5-6-15(22)25/h1-4,9-10H,5-8H2. The van der Waals surface area contributed by atoms with E-state index in [2.05, 4.69) is 15.1 Å². The number of hydrogen-bond acceptors (Lipinski definition) is 6. The fourth-order valence-corrected chi connectivity index (χ4v) is 3.70. The van der Waals surface area contributed by atoms with Crippen LogP contribution in [0.2, 0.25) is 0 Å². The van der Waals surface area contributed by atoms with Crippen LogP contribution in [0.1, 0.15) is 12.8 Å². The molecule has 1 aliphatic heterocycles. The van der Waals surface area contributed by atoms with E-state index in [-0.39, 0.29) is 17.6 Å². The number of imide groups is 1. The molecule has 9 heteroatoms. The summed E-state index contributed by atoms with van der Waals surface area (Å²) < 4.78 is 14.7. The molecule has 1 aliphatic rings. The first-order valence-electron chi connectivity index (χ1n) is 8.04. The number of fused-ring (bicyclic) bond motifs is 1. The van der Waals surface area contributed by atoms with Crippen LogP contribution in [0.4, 0.5) is 4.39 Å². The van der Waals surface area contributed by atoms with E-state index in [4.69, 9.17) is 0 Å². The minimum absolute atomic E-state index is 0.118.